The molecule has 10 nitrogen and oxygen atoms in total. The average Bonchev–Trinajstić information content (AvgIpc) is 3.38. The predicted molar refractivity (Wildman–Crippen MR) is 149 cm³/mol. The second-order valence-electron chi connectivity index (χ2n) is 9.16. The quantitative estimate of drug-likeness (QED) is 0.141. The minimum Gasteiger partial charge on any atom is -0.463 e. The molecule has 43 heavy (non-hydrogen) atoms. The second kappa shape index (κ2) is 15.0. The summed E-state index contributed by atoms with van der Waals surface area (Å²) in [6.45, 7) is -0.945. The molecule has 2 amide bonds. The van der Waals surface area contributed by atoms with E-state index in [9.17, 15) is 27.2 Å². The number of ether oxygens (including phenoxy) is 2. The summed E-state index contributed by atoms with van der Waals surface area (Å²) in [5.74, 6) is -0.567. The van der Waals surface area contributed by atoms with Crippen molar-refractivity contribution in [3.8, 4) is 11.5 Å². The fraction of sp³-hybridized carbons (Fsp3) is 0.286. The van der Waals surface area contributed by atoms with Crippen LogP contribution < -0.4 is 20.1 Å². The van der Waals surface area contributed by atoms with E-state index in [4.69, 9.17) is 4.74 Å². The van der Waals surface area contributed by atoms with Crippen molar-refractivity contribution in [3.05, 3.63) is 82.5 Å². The number of carbonyl (C=O) groups excluding carboxylic acids is 2. The lowest BCUT2D eigenvalue weighted by atomic mass is 10.1. The molecule has 2 N–H and O–H groups in total. The summed E-state index contributed by atoms with van der Waals surface area (Å²) in [6.07, 6.45) is -2.02. The van der Waals surface area contributed by atoms with E-state index < -0.39 is 24.9 Å². The van der Waals surface area contributed by atoms with E-state index in [1.165, 1.54) is 23.5 Å². The first-order valence-electron chi connectivity index (χ1n) is 13.0. The van der Waals surface area contributed by atoms with Crippen molar-refractivity contribution >= 4 is 34.1 Å². The molecule has 0 aliphatic heterocycles. The first-order chi connectivity index (χ1) is 20.6. The number of nitrogens with one attached hydrogen (secondary N) is 2. The largest absolute Gasteiger partial charge is 0.573 e. The van der Waals surface area contributed by atoms with Gasteiger partial charge in [-0.25, -0.2) is 4.39 Å². The lowest BCUT2D eigenvalue weighted by Crippen LogP contribution is -2.18. The molecule has 0 spiro atoms. The number of aromatic nitrogens is 4. The van der Waals surface area contributed by atoms with Crippen LogP contribution in [0.5, 0.6) is 11.5 Å². The van der Waals surface area contributed by atoms with E-state index in [1.807, 2.05) is 0 Å². The second-order valence-corrected chi connectivity index (χ2v) is 10.2. The Morgan fingerprint density at radius 1 is 0.791 bits per heavy atom. The number of benzene rings is 2. The summed E-state index contributed by atoms with van der Waals surface area (Å²) in [4.78, 5) is 24.6. The van der Waals surface area contributed by atoms with Gasteiger partial charge in [-0.15, -0.1) is 28.5 Å². The van der Waals surface area contributed by atoms with Crippen LogP contribution in [0, 0.1) is 0 Å². The highest BCUT2D eigenvalue weighted by Gasteiger charge is 2.31. The minimum absolute atomic E-state index is 0.0799. The molecule has 0 unspecified atom stereocenters. The van der Waals surface area contributed by atoms with Crippen molar-refractivity contribution in [3.63, 3.8) is 0 Å². The van der Waals surface area contributed by atoms with Gasteiger partial charge in [0, 0.05) is 6.42 Å². The van der Waals surface area contributed by atoms with Gasteiger partial charge in [0.15, 0.2) is 5.82 Å². The summed E-state index contributed by atoms with van der Waals surface area (Å²) in [6, 6.07) is 15.2. The molecular formula is C28H26F4N6O4S. The third-order valence-electron chi connectivity index (χ3n) is 5.76. The third kappa shape index (κ3) is 10.9. The number of hydrogen-bond donors (Lipinski definition) is 2. The van der Waals surface area contributed by atoms with Gasteiger partial charge in [0.05, 0.1) is 18.5 Å². The lowest BCUT2D eigenvalue weighted by Gasteiger charge is -2.10. The Labute approximate surface area is 247 Å². The van der Waals surface area contributed by atoms with Crippen LogP contribution in [0.1, 0.15) is 34.7 Å². The molecule has 0 aliphatic carbocycles. The van der Waals surface area contributed by atoms with Crippen LogP contribution >= 0.6 is 11.3 Å². The van der Waals surface area contributed by atoms with Crippen molar-refractivity contribution in [2.45, 2.75) is 44.9 Å². The minimum atomic E-state index is -4.82. The number of halogens is 4. The van der Waals surface area contributed by atoms with Gasteiger partial charge in [-0.2, -0.15) is 5.10 Å². The van der Waals surface area contributed by atoms with Gasteiger partial charge in [0.1, 0.15) is 16.5 Å². The Morgan fingerprint density at radius 3 is 2.14 bits per heavy atom. The number of hydrogen-bond acceptors (Lipinski definition) is 9. The number of alkyl halides is 4. The predicted octanol–water partition coefficient (Wildman–Crippen LogP) is 5.46. The standard InChI is InChI=1S/C28H26F4N6O4S/c29-17-41-21-8-3-5-18(13-21)16-25(40)34-27-38-37-26(43-27)10-2-1-7-20-11-12-23(36-35-20)33-24(39)15-19-6-4-9-22(14-19)42-28(30,31)32/h3-6,8-9,11-14H,1-2,7,10,15-17H2,(H,33,36,39)(H,34,38,40). The average molecular weight is 619 g/mol. The molecule has 2 aromatic heterocycles. The number of anilines is 2. The summed E-state index contributed by atoms with van der Waals surface area (Å²) in [7, 11) is 0. The Bertz CT molecular complexity index is 1520. The highest BCUT2D eigenvalue weighted by atomic mass is 32.1. The number of nitrogens with zero attached hydrogens (tertiary/aromatic N) is 4. The molecule has 0 saturated heterocycles. The van der Waals surface area contributed by atoms with Crippen LogP contribution in [0.15, 0.2) is 60.7 Å². The number of amides is 2. The van der Waals surface area contributed by atoms with E-state index >= 15 is 0 Å². The molecule has 0 radical (unpaired) electrons. The van der Waals surface area contributed by atoms with Gasteiger partial charge in [-0.05, 0) is 66.8 Å². The molecule has 226 valence electrons. The van der Waals surface area contributed by atoms with Crippen molar-refractivity contribution < 1.29 is 36.6 Å². The summed E-state index contributed by atoms with van der Waals surface area (Å²) < 4.78 is 58.3. The summed E-state index contributed by atoms with van der Waals surface area (Å²) in [5.41, 5.74) is 1.75. The van der Waals surface area contributed by atoms with Crippen LogP contribution in [-0.2, 0) is 35.3 Å². The monoisotopic (exact) mass is 618 g/mol. The molecular weight excluding hydrogens is 592 g/mol. The molecule has 15 heteroatoms. The highest BCUT2D eigenvalue weighted by molar-refractivity contribution is 7.15. The molecule has 2 aromatic carbocycles. The number of carbonyl (C=O) groups is 2. The van der Waals surface area contributed by atoms with Crippen LogP contribution in [0.2, 0.25) is 0 Å². The zero-order valence-electron chi connectivity index (χ0n) is 22.6. The van der Waals surface area contributed by atoms with Gasteiger partial charge in [-0.3, -0.25) is 9.59 Å². The van der Waals surface area contributed by atoms with E-state index in [-0.39, 0.29) is 24.6 Å². The highest BCUT2D eigenvalue weighted by Crippen LogP contribution is 2.24. The summed E-state index contributed by atoms with van der Waals surface area (Å²) in [5, 5.41) is 22.7. The van der Waals surface area contributed by atoms with Crippen LogP contribution in [0.3, 0.4) is 0 Å². The Balaban J connectivity index is 1.15. The topological polar surface area (TPSA) is 128 Å². The van der Waals surface area contributed by atoms with E-state index in [2.05, 4.69) is 35.8 Å². The summed E-state index contributed by atoms with van der Waals surface area (Å²) >= 11 is 1.29. The zero-order valence-corrected chi connectivity index (χ0v) is 23.4. The number of unbranched alkanes of at least 4 members (excludes halogenated alkanes) is 1. The van der Waals surface area contributed by atoms with Crippen molar-refractivity contribution in [1.82, 2.24) is 20.4 Å². The van der Waals surface area contributed by atoms with Gasteiger partial charge in [0.2, 0.25) is 23.8 Å². The molecule has 4 aromatic rings. The lowest BCUT2D eigenvalue weighted by molar-refractivity contribution is -0.274. The maximum absolute atomic E-state index is 12.4. The van der Waals surface area contributed by atoms with Gasteiger partial charge in [-0.1, -0.05) is 35.6 Å². The normalized spacial score (nSPS) is 11.2. The molecule has 0 aliphatic rings. The van der Waals surface area contributed by atoms with Crippen molar-refractivity contribution in [2.75, 3.05) is 17.5 Å². The van der Waals surface area contributed by atoms with E-state index in [0.29, 0.717) is 34.8 Å². The smallest absolute Gasteiger partial charge is 0.463 e. The number of rotatable bonds is 14. The molecule has 0 atom stereocenters. The fourth-order valence-corrected chi connectivity index (χ4v) is 4.73. The molecule has 0 fully saturated rings. The molecule has 0 saturated carbocycles. The molecule has 4 rings (SSSR count). The van der Waals surface area contributed by atoms with Crippen LogP contribution in [-0.4, -0.2) is 45.4 Å². The molecule has 2 heterocycles. The Hall–Kier alpha value is -4.66. The zero-order chi connectivity index (χ0) is 30.7. The first kappa shape index (κ1) is 31.3. The Kier molecular flexibility index (Phi) is 10.9. The van der Waals surface area contributed by atoms with Gasteiger partial charge >= 0.3 is 6.36 Å². The number of aryl methyl sites for hydroxylation is 2. The van der Waals surface area contributed by atoms with Crippen molar-refractivity contribution in [1.29, 1.82) is 0 Å². The maximum Gasteiger partial charge on any atom is 0.573 e. The molecule has 0 bridgehead atoms. The SMILES string of the molecule is O=C(Cc1cccc(OC(F)(F)F)c1)Nc1ccc(CCCCc2nnc(NC(=O)Cc3cccc(OCF)c3)s2)nn1. The van der Waals surface area contributed by atoms with Crippen LogP contribution in [0.4, 0.5) is 28.5 Å². The van der Waals surface area contributed by atoms with E-state index in [1.54, 1.807) is 36.4 Å². The van der Waals surface area contributed by atoms with Crippen molar-refractivity contribution in [2.24, 2.45) is 0 Å². The van der Waals surface area contributed by atoms with Gasteiger partial charge < -0.3 is 20.1 Å². The Morgan fingerprint density at radius 2 is 1.47 bits per heavy atom. The van der Waals surface area contributed by atoms with Crippen LogP contribution in [0.25, 0.3) is 0 Å². The first-order valence-corrected chi connectivity index (χ1v) is 13.8. The third-order valence-corrected chi connectivity index (χ3v) is 6.65. The van der Waals surface area contributed by atoms with E-state index in [0.717, 1.165) is 35.7 Å². The maximum atomic E-state index is 12.4. The fourth-order valence-electron chi connectivity index (χ4n) is 3.93. The van der Waals surface area contributed by atoms with Gasteiger partial charge in [0.25, 0.3) is 0 Å².